The molecule has 0 atom stereocenters. The predicted octanol–water partition coefficient (Wildman–Crippen LogP) is 2.54. The zero-order valence-corrected chi connectivity index (χ0v) is 12.6. The van der Waals surface area contributed by atoms with Gasteiger partial charge < -0.3 is 5.84 Å². The smallest absolute Gasteiger partial charge is 0.259 e. The molecule has 3 rings (SSSR count). The van der Waals surface area contributed by atoms with Crippen LogP contribution in [0.5, 0.6) is 0 Å². The Morgan fingerprint density at radius 3 is 3.00 bits per heavy atom. The number of thiazole rings is 1. The Bertz CT molecular complexity index is 871. The molecule has 3 aromatic rings. The number of aryl methyl sites for hydroxylation is 1. The van der Waals surface area contributed by atoms with Crippen LogP contribution < -0.4 is 11.2 Å². The summed E-state index contributed by atoms with van der Waals surface area (Å²) in [6, 6.07) is 7.44. The van der Waals surface area contributed by atoms with Gasteiger partial charge in [-0.05, 0) is 36.2 Å². The number of pyridine rings is 1. The lowest BCUT2D eigenvalue weighted by atomic mass is 10.2. The van der Waals surface area contributed by atoms with Gasteiger partial charge in [-0.15, -0.1) is 0 Å². The van der Waals surface area contributed by atoms with Crippen LogP contribution in [0.3, 0.4) is 0 Å². The van der Waals surface area contributed by atoms with Crippen molar-refractivity contribution in [3.63, 3.8) is 0 Å². The van der Waals surface area contributed by atoms with Gasteiger partial charge in [0.25, 0.3) is 5.91 Å². The third kappa shape index (κ3) is 2.94. The van der Waals surface area contributed by atoms with Crippen LogP contribution in [-0.4, -0.2) is 22.1 Å². The zero-order valence-electron chi connectivity index (χ0n) is 11.8. The van der Waals surface area contributed by atoms with Crippen LogP contribution in [0.4, 0.5) is 5.13 Å². The lowest BCUT2D eigenvalue weighted by Crippen LogP contribution is -2.12. The fourth-order valence-electron chi connectivity index (χ4n) is 2.01. The minimum absolute atomic E-state index is 0.223. The van der Waals surface area contributed by atoms with Crippen LogP contribution in [0.1, 0.15) is 21.5 Å². The number of hydrogen-bond donors (Lipinski definition) is 2. The van der Waals surface area contributed by atoms with Gasteiger partial charge in [0.15, 0.2) is 5.13 Å². The zero-order chi connectivity index (χ0) is 15.5. The summed E-state index contributed by atoms with van der Waals surface area (Å²) in [6.45, 7) is 1.89. The van der Waals surface area contributed by atoms with Crippen molar-refractivity contribution in [2.75, 3.05) is 5.32 Å². The highest BCUT2D eigenvalue weighted by molar-refractivity contribution is 7.22. The molecule has 1 aromatic carbocycles. The highest BCUT2D eigenvalue weighted by Gasteiger charge is 2.10. The molecule has 3 N–H and O–H groups in total. The minimum Gasteiger partial charge on any atom is -0.323 e. The first kappa shape index (κ1) is 14.2. The third-order valence-corrected chi connectivity index (χ3v) is 3.93. The molecule has 0 aliphatic carbocycles. The molecule has 7 heteroatoms. The number of aromatic nitrogens is 2. The van der Waals surface area contributed by atoms with E-state index in [9.17, 15) is 4.79 Å². The maximum atomic E-state index is 12.2. The van der Waals surface area contributed by atoms with E-state index in [1.807, 2.05) is 25.1 Å². The van der Waals surface area contributed by atoms with Crippen molar-refractivity contribution in [3.05, 3.63) is 53.3 Å². The van der Waals surface area contributed by atoms with Gasteiger partial charge in [-0.2, -0.15) is 5.10 Å². The Kier molecular flexibility index (Phi) is 3.80. The van der Waals surface area contributed by atoms with Crippen LogP contribution in [0.15, 0.2) is 41.8 Å². The maximum Gasteiger partial charge on any atom is 0.259 e. The monoisotopic (exact) mass is 311 g/mol. The second kappa shape index (κ2) is 5.90. The number of hydrogen-bond acceptors (Lipinski definition) is 6. The largest absolute Gasteiger partial charge is 0.323 e. The third-order valence-electron chi connectivity index (χ3n) is 2.99. The van der Waals surface area contributed by atoms with Crippen molar-refractivity contribution in [2.45, 2.75) is 6.92 Å². The summed E-state index contributed by atoms with van der Waals surface area (Å²) in [6.07, 6.45) is 4.80. The minimum atomic E-state index is -0.223. The molecule has 0 bridgehead atoms. The molecule has 110 valence electrons. The molecule has 0 saturated heterocycles. The van der Waals surface area contributed by atoms with E-state index < -0.39 is 0 Å². The van der Waals surface area contributed by atoms with Crippen LogP contribution in [0.25, 0.3) is 10.2 Å². The van der Waals surface area contributed by atoms with Crippen molar-refractivity contribution in [1.29, 1.82) is 0 Å². The molecule has 0 radical (unpaired) electrons. The number of carbonyl (C=O) groups is 1. The van der Waals surface area contributed by atoms with Crippen molar-refractivity contribution >= 4 is 38.8 Å². The second-order valence-corrected chi connectivity index (χ2v) is 5.76. The Hall–Kier alpha value is -2.80. The van der Waals surface area contributed by atoms with E-state index in [2.05, 4.69) is 20.4 Å². The van der Waals surface area contributed by atoms with E-state index in [1.54, 1.807) is 18.5 Å². The molecule has 0 unspecified atom stereocenters. The molecule has 0 fully saturated rings. The first-order valence-corrected chi connectivity index (χ1v) is 7.34. The Morgan fingerprint density at radius 2 is 2.23 bits per heavy atom. The van der Waals surface area contributed by atoms with Gasteiger partial charge in [-0.1, -0.05) is 17.4 Å². The maximum absolute atomic E-state index is 12.2. The molecule has 2 aromatic heterocycles. The summed E-state index contributed by atoms with van der Waals surface area (Å²) in [5, 5.41) is 6.84. The van der Waals surface area contributed by atoms with E-state index in [0.717, 1.165) is 21.3 Å². The van der Waals surface area contributed by atoms with Crippen molar-refractivity contribution < 1.29 is 4.79 Å². The van der Waals surface area contributed by atoms with E-state index >= 15 is 0 Å². The average Bonchev–Trinajstić information content (AvgIpc) is 2.89. The molecule has 22 heavy (non-hydrogen) atoms. The lowest BCUT2D eigenvalue weighted by Gasteiger charge is -2.01. The van der Waals surface area contributed by atoms with Gasteiger partial charge in [0, 0.05) is 12.4 Å². The van der Waals surface area contributed by atoms with Crippen molar-refractivity contribution in [2.24, 2.45) is 10.9 Å². The van der Waals surface area contributed by atoms with Crippen LogP contribution in [0, 0.1) is 6.92 Å². The van der Waals surface area contributed by atoms with Gasteiger partial charge in [0.05, 0.1) is 22.0 Å². The second-order valence-electron chi connectivity index (χ2n) is 4.73. The number of rotatable bonds is 3. The number of nitrogens with zero attached hydrogens (tertiary/aromatic N) is 3. The molecular formula is C15H13N5OS. The van der Waals surface area contributed by atoms with Crippen molar-refractivity contribution in [1.82, 2.24) is 9.97 Å². The summed E-state index contributed by atoms with van der Waals surface area (Å²) in [5.74, 6) is 4.92. The van der Waals surface area contributed by atoms with E-state index in [-0.39, 0.29) is 5.91 Å². The predicted molar refractivity (Wildman–Crippen MR) is 88.3 cm³/mol. The first-order valence-electron chi connectivity index (χ1n) is 6.52. The Morgan fingerprint density at radius 1 is 1.36 bits per heavy atom. The van der Waals surface area contributed by atoms with E-state index in [4.69, 9.17) is 5.84 Å². The average molecular weight is 311 g/mol. The van der Waals surface area contributed by atoms with Crippen LogP contribution in [-0.2, 0) is 0 Å². The first-order chi connectivity index (χ1) is 10.7. The van der Waals surface area contributed by atoms with Gasteiger partial charge in [0.2, 0.25) is 0 Å². The number of carbonyl (C=O) groups excluding carboxylic acids is 1. The fraction of sp³-hybridized carbons (Fsp3) is 0.0667. The molecule has 2 heterocycles. The van der Waals surface area contributed by atoms with Gasteiger partial charge in [0.1, 0.15) is 0 Å². The number of nitrogens with two attached hydrogens (primary N) is 1. The summed E-state index contributed by atoms with van der Waals surface area (Å²) in [5.41, 5.74) is 3.15. The summed E-state index contributed by atoms with van der Waals surface area (Å²) in [7, 11) is 0. The lowest BCUT2D eigenvalue weighted by molar-refractivity contribution is 0.102. The summed E-state index contributed by atoms with van der Waals surface area (Å²) >= 11 is 1.40. The normalized spacial score (nSPS) is 11.1. The van der Waals surface area contributed by atoms with Gasteiger partial charge >= 0.3 is 0 Å². The van der Waals surface area contributed by atoms with Gasteiger partial charge in [-0.25, -0.2) is 4.98 Å². The number of anilines is 1. The van der Waals surface area contributed by atoms with Gasteiger partial charge in [-0.3, -0.25) is 15.1 Å². The number of nitrogens with one attached hydrogen (secondary N) is 1. The van der Waals surface area contributed by atoms with Crippen LogP contribution >= 0.6 is 11.3 Å². The number of fused-ring (bicyclic) bond motifs is 1. The van der Waals surface area contributed by atoms with Crippen molar-refractivity contribution in [3.8, 4) is 0 Å². The number of amides is 1. The topological polar surface area (TPSA) is 93.3 Å². The highest BCUT2D eigenvalue weighted by Crippen LogP contribution is 2.26. The van der Waals surface area contributed by atoms with E-state index in [0.29, 0.717) is 10.7 Å². The molecule has 1 amide bonds. The molecular weight excluding hydrogens is 298 g/mol. The molecule has 0 saturated carbocycles. The van der Waals surface area contributed by atoms with Crippen LogP contribution in [0.2, 0.25) is 0 Å². The number of hydrazone groups is 1. The number of benzene rings is 1. The Labute approximate surface area is 130 Å². The quantitative estimate of drug-likeness (QED) is 0.441. The van der Waals surface area contributed by atoms with E-state index in [1.165, 1.54) is 17.5 Å². The molecule has 0 aliphatic heterocycles. The molecule has 0 spiro atoms. The Balaban J connectivity index is 1.86. The summed E-state index contributed by atoms with van der Waals surface area (Å²) in [4.78, 5) is 20.6. The fourth-order valence-corrected chi connectivity index (χ4v) is 2.92. The molecule has 0 aliphatic rings. The molecule has 6 nitrogen and oxygen atoms in total. The SMILES string of the molecule is Cc1cncc(C(=O)Nc2nc3ccc(C=NN)cc3s2)c1. The summed E-state index contributed by atoms with van der Waals surface area (Å²) < 4.78 is 0.954. The standard InChI is InChI=1S/C15H13N5OS/c1-9-4-11(8-17-6-9)14(21)20-15-19-12-3-2-10(7-18-16)5-13(12)22-15/h2-8H,16H2,1H3,(H,19,20,21). The highest BCUT2D eigenvalue weighted by atomic mass is 32.1.